The van der Waals surface area contributed by atoms with Gasteiger partial charge in [-0.05, 0) is 36.7 Å². The van der Waals surface area contributed by atoms with E-state index in [1.54, 1.807) is 0 Å². The number of hydrogen-bond donors (Lipinski definition) is 2. The second-order valence-corrected chi connectivity index (χ2v) is 7.47. The molecule has 0 saturated heterocycles. The summed E-state index contributed by atoms with van der Waals surface area (Å²) in [5.41, 5.74) is 1.51. The van der Waals surface area contributed by atoms with E-state index >= 15 is 0 Å². The van der Waals surface area contributed by atoms with Crippen LogP contribution in [0.4, 0.5) is 4.79 Å². The van der Waals surface area contributed by atoms with E-state index in [0.717, 1.165) is 24.9 Å². The molecular formula is C19H28N2O2. The van der Waals surface area contributed by atoms with Crippen molar-refractivity contribution in [1.29, 1.82) is 0 Å². The summed E-state index contributed by atoms with van der Waals surface area (Å²) in [6.07, 6.45) is 7.16. The van der Waals surface area contributed by atoms with Crippen LogP contribution < -0.4 is 10.6 Å². The van der Waals surface area contributed by atoms with E-state index in [1.807, 2.05) is 30.3 Å². The van der Waals surface area contributed by atoms with Crippen LogP contribution in [0.3, 0.4) is 0 Å². The predicted molar refractivity (Wildman–Crippen MR) is 91.2 cm³/mol. The third-order valence-electron chi connectivity index (χ3n) is 5.30. The third kappa shape index (κ3) is 4.71. The first kappa shape index (κ1) is 16.3. The molecule has 2 fully saturated rings. The Balaban J connectivity index is 1.28. The van der Waals surface area contributed by atoms with Crippen molar-refractivity contribution in [2.75, 3.05) is 6.54 Å². The van der Waals surface area contributed by atoms with Gasteiger partial charge in [-0.1, -0.05) is 50.1 Å². The van der Waals surface area contributed by atoms with Gasteiger partial charge in [-0.2, -0.15) is 0 Å². The molecule has 4 nitrogen and oxygen atoms in total. The summed E-state index contributed by atoms with van der Waals surface area (Å²) in [6.45, 7) is 3.84. The highest BCUT2D eigenvalue weighted by Crippen LogP contribution is 2.37. The Morgan fingerprint density at radius 3 is 2.57 bits per heavy atom. The average molecular weight is 316 g/mol. The zero-order chi connectivity index (χ0) is 16.1. The minimum absolute atomic E-state index is 0.257. The van der Waals surface area contributed by atoms with E-state index in [1.165, 1.54) is 25.7 Å². The lowest BCUT2D eigenvalue weighted by molar-refractivity contribution is 0.124. The number of alkyl carbamates (subject to hydrolysis) is 1. The molecule has 0 atom stereocenters. The Kier molecular flexibility index (Phi) is 5.21. The summed E-state index contributed by atoms with van der Waals surface area (Å²) < 4.78 is 5.26. The molecule has 2 aliphatic carbocycles. The lowest BCUT2D eigenvalue weighted by Crippen LogP contribution is -2.53. The number of rotatable bonds is 6. The van der Waals surface area contributed by atoms with Crippen LogP contribution in [-0.2, 0) is 11.3 Å². The summed E-state index contributed by atoms with van der Waals surface area (Å²) in [6, 6.07) is 10.6. The van der Waals surface area contributed by atoms with Crippen molar-refractivity contribution in [3.63, 3.8) is 0 Å². The van der Waals surface area contributed by atoms with Crippen LogP contribution in [0.5, 0.6) is 0 Å². The maximum atomic E-state index is 11.8. The van der Waals surface area contributed by atoms with Crippen LogP contribution in [-0.4, -0.2) is 24.7 Å². The Labute approximate surface area is 139 Å². The van der Waals surface area contributed by atoms with Crippen molar-refractivity contribution in [2.45, 2.75) is 64.1 Å². The second-order valence-electron chi connectivity index (χ2n) is 7.47. The molecule has 2 aliphatic rings. The molecule has 1 amide bonds. The van der Waals surface area contributed by atoms with E-state index < -0.39 is 0 Å². The fourth-order valence-electron chi connectivity index (χ4n) is 3.63. The zero-order valence-corrected chi connectivity index (χ0v) is 14.0. The van der Waals surface area contributed by atoms with Gasteiger partial charge in [0, 0.05) is 18.6 Å². The van der Waals surface area contributed by atoms with Crippen LogP contribution in [0.15, 0.2) is 30.3 Å². The number of carbonyl (C=O) groups is 1. The zero-order valence-electron chi connectivity index (χ0n) is 14.0. The largest absolute Gasteiger partial charge is 0.445 e. The number of hydrogen-bond acceptors (Lipinski definition) is 3. The quantitative estimate of drug-likeness (QED) is 0.843. The van der Waals surface area contributed by atoms with Gasteiger partial charge in [-0.3, -0.25) is 0 Å². The lowest BCUT2D eigenvalue weighted by atomic mass is 9.84. The summed E-state index contributed by atoms with van der Waals surface area (Å²) >= 11 is 0. The van der Waals surface area contributed by atoms with Crippen LogP contribution in [0.25, 0.3) is 0 Å². The van der Waals surface area contributed by atoms with Crippen molar-refractivity contribution in [1.82, 2.24) is 10.6 Å². The molecule has 2 saturated carbocycles. The molecule has 0 unspecified atom stereocenters. The third-order valence-corrected chi connectivity index (χ3v) is 5.30. The van der Waals surface area contributed by atoms with E-state index in [2.05, 4.69) is 17.6 Å². The molecule has 126 valence electrons. The molecule has 4 heteroatoms. The molecule has 0 aliphatic heterocycles. The maximum Gasteiger partial charge on any atom is 0.407 e. The molecular weight excluding hydrogens is 288 g/mol. The number of carbonyl (C=O) groups excluding carboxylic acids is 1. The molecule has 0 spiro atoms. The molecule has 1 aromatic carbocycles. The molecule has 1 aromatic rings. The number of amides is 1. The second kappa shape index (κ2) is 7.35. The van der Waals surface area contributed by atoms with Crippen LogP contribution >= 0.6 is 0 Å². The van der Waals surface area contributed by atoms with Gasteiger partial charge in [-0.15, -0.1) is 0 Å². The first-order valence-electron chi connectivity index (χ1n) is 8.84. The van der Waals surface area contributed by atoms with Gasteiger partial charge < -0.3 is 15.4 Å². The summed E-state index contributed by atoms with van der Waals surface area (Å²) in [7, 11) is 0. The van der Waals surface area contributed by atoms with Crippen LogP contribution in [0, 0.1) is 5.41 Å². The number of ether oxygens (including phenoxy) is 1. The fourth-order valence-corrected chi connectivity index (χ4v) is 3.63. The van der Waals surface area contributed by atoms with Crippen molar-refractivity contribution >= 4 is 6.09 Å². The molecule has 0 aromatic heterocycles. The monoisotopic (exact) mass is 316 g/mol. The lowest BCUT2D eigenvalue weighted by Gasteiger charge is -2.38. The van der Waals surface area contributed by atoms with Gasteiger partial charge in [0.15, 0.2) is 0 Å². The molecule has 0 heterocycles. The van der Waals surface area contributed by atoms with Gasteiger partial charge in [0.25, 0.3) is 0 Å². The maximum absolute atomic E-state index is 11.8. The molecule has 0 radical (unpaired) electrons. The van der Waals surface area contributed by atoms with E-state index in [9.17, 15) is 4.79 Å². The van der Waals surface area contributed by atoms with E-state index in [-0.39, 0.29) is 12.1 Å². The van der Waals surface area contributed by atoms with Crippen molar-refractivity contribution in [2.24, 2.45) is 5.41 Å². The summed E-state index contributed by atoms with van der Waals surface area (Å²) in [4.78, 5) is 11.8. The Morgan fingerprint density at radius 1 is 1.17 bits per heavy atom. The first-order valence-corrected chi connectivity index (χ1v) is 8.84. The van der Waals surface area contributed by atoms with Crippen LogP contribution in [0.1, 0.15) is 51.0 Å². The Bertz CT molecular complexity index is 505. The van der Waals surface area contributed by atoms with Crippen LogP contribution in [0.2, 0.25) is 0 Å². The Hall–Kier alpha value is -1.55. The minimum atomic E-state index is -0.306. The number of nitrogens with one attached hydrogen (secondary N) is 2. The van der Waals surface area contributed by atoms with Gasteiger partial charge in [0.2, 0.25) is 0 Å². The van der Waals surface area contributed by atoms with Gasteiger partial charge in [-0.25, -0.2) is 4.79 Å². The van der Waals surface area contributed by atoms with E-state index in [4.69, 9.17) is 4.74 Å². The van der Waals surface area contributed by atoms with Gasteiger partial charge in [0.05, 0.1) is 0 Å². The van der Waals surface area contributed by atoms with E-state index in [0.29, 0.717) is 18.1 Å². The molecule has 3 rings (SSSR count). The van der Waals surface area contributed by atoms with Crippen molar-refractivity contribution in [3.05, 3.63) is 35.9 Å². The van der Waals surface area contributed by atoms with Crippen molar-refractivity contribution < 1.29 is 9.53 Å². The highest BCUT2D eigenvalue weighted by molar-refractivity contribution is 5.67. The standard InChI is InChI=1S/C19H28N2O2/c1-19(9-5-6-10-19)14-20-16-11-17(12-16)21-18(22)23-13-15-7-3-2-4-8-15/h2-4,7-8,16-17,20H,5-6,9-14H2,1H3,(H,21,22). The summed E-state index contributed by atoms with van der Waals surface area (Å²) in [5, 5.41) is 6.62. The predicted octanol–water partition coefficient (Wildman–Crippen LogP) is 3.61. The average Bonchev–Trinajstić information content (AvgIpc) is 2.95. The SMILES string of the molecule is CC1(CNC2CC(NC(=O)OCc3ccccc3)C2)CCCC1. The normalized spacial score (nSPS) is 25.6. The summed E-state index contributed by atoms with van der Waals surface area (Å²) in [5.74, 6) is 0. The minimum Gasteiger partial charge on any atom is -0.445 e. The smallest absolute Gasteiger partial charge is 0.407 e. The topological polar surface area (TPSA) is 50.4 Å². The highest BCUT2D eigenvalue weighted by Gasteiger charge is 2.34. The Morgan fingerprint density at radius 2 is 1.87 bits per heavy atom. The molecule has 2 N–H and O–H groups in total. The van der Waals surface area contributed by atoms with Crippen molar-refractivity contribution in [3.8, 4) is 0 Å². The van der Waals surface area contributed by atoms with Gasteiger partial charge in [0.1, 0.15) is 6.61 Å². The molecule has 0 bridgehead atoms. The first-order chi connectivity index (χ1) is 11.1. The highest BCUT2D eigenvalue weighted by atomic mass is 16.5. The van der Waals surface area contributed by atoms with Gasteiger partial charge >= 0.3 is 6.09 Å². The number of benzene rings is 1. The fraction of sp³-hybridized carbons (Fsp3) is 0.632. The molecule has 23 heavy (non-hydrogen) atoms.